The van der Waals surface area contributed by atoms with E-state index in [2.05, 4.69) is 10.0 Å². The summed E-state index contributed by atoms with van der Waals surface area (Å²) >= 11 is 7.30. The van der Waals surface area contributed by atoms with Crippen molar-refractivity contribution in [1.82, 2.24) is 10.0 Å². The van der Waals surface area contributed by atoms with Crippen molar-refractivity contribution in [2.75, 3.05) is 25.4 Å². The first-order chi connectivity index (χ1) is 9.03. The van der Waals surface area contributed by atoms with E-state index < -0.39 is 10.0 Å². The van der Waals surface area contributed by atoms with Gasteiger partial charge >= 0.3 is 0 Å². The van der Waals surface area contributed by atoms with Crippen molar-refractivity contribution in [2.45, 2.75) is 26.2 Å². The summed E-state index contributed by atoms with van der Waals surface area (Å²) in [6.07, 6.45) is 2.26. The fraction of sp³-hybridized carbons (Fsp3) is 0.667. The molecule has 110 valence electrons. The predicted molar refractivity (Wildman–Crippen MR) is 82.6 cm³/mol. The number of hydrogen-bond acceptors (Lipinski definition) is 4. The summed E-state index contributed by atoms with van der Waals surface area (Å²) in [4.78, 5) is 1.10. The van der Waals surface area contributed by atoms with Gasteiger partial charge in [0.2, 0.25) is 10.0 Å². The van der Waals surface area contributed by atoms with Gasteiger partial charge in [0.15, 0.2) is 0 Å². The number of hydrogen-bond donors (Lipinski definition) is 2. The minimum absolute atomic E-state index is 0.198. The zero-order valence-corrected chi connectivity index (χ0v) is 13.5. The standard InChI is InChI=1S/C12H21ClN2O2S2/c1-2-14-8-3-4-10-19(16,17)15-9-7-11-5-6-12(13)18-11/h5-6,14-15H,2-4,7-10H2,1H3. The summed E-state index contributed by atoms with van der Waals surface area (Å²) < 4.78 is 26.8. The number of sulfonamides is 1. The first-order valence-corrected chi connectivity index (χ1v) is 9.30. The molecule has 0 saturated carbocycles. The van der Waals surface area contributed by atoms with E-state index in [1.54, 1.807) is 0 Å². The predicted octanol–water partition coefficient (Wildman–Crippen LogP) is 2.25. The molecule has 2 N–H and O–H groups in total. The third kappa shape index (κ3) is 7.89. The van der Waals surface area contributed by atoms with E-state index in [1.807, 2.05) is 19.1 Å². The van der Waals surface area contributed by atoms with Crippen LogP contribution in [0.5, 0.6) is 0 Å². The second kappa shape index (κ2) is 8.92. The third-order valence-electron chi connectivity index (χ3n) is 2.59. The highest BCUT2D eigenvalue weighted by atomic mass is 35.5. The number of thiophene rings is 1. The Hall–Kier alpha value is -0.140. The minimum atomic E-state index is -3.14. The van der Waals surface area contributed by atoms with Crippen LogP contribution in [0.3, 0.4) is 0 Å². The first kappa shape index (κ1) is 16.9. The molecular weight excluding hydrogens is 304 g/mol. The summed E-state index contributed by atoms with van der Waals surface area (Å²) in [5, 5.41) is 3.18. The van der Waals surface area contributed by atoms with E-state index in [0.29, 0.717) is 19.4 Å². The molecule has 7 heteroatoms. The van der Waals surface area contributed by atoms with Crippen molar-refractivity contribution in [3.63, 3.8) is 0 Å². The second-order valence-electron chi connectivity index (χ2n) is 4.23. The van der Waals surface area contributed by atoms with Crippen molar-refractivity contribution in [3.8, 4) is 0 Å². The van der Waals surface area contributed by atoms with Crippen LogP contribution < -0.4 is 10.0 Å². The van der Waals surface area contributed by atoms with E-state index in [9.17, 15) is 8.42 Å². The lowest BCUT2D eigenvalue weighted by molar-refractivity contribution is 0.574. The number of unbranched alkanes of at least 4 members (excludes halogenated alkanes) is 1. The molecule has 0 bridgehead atoms. The quantitative estimate of drug-likeness (QED) is 0.649. The lowest BCUT2D eigenvalue weighted by Gasteiger charge is -2.06. The van der Waals surface area contributed by atoms with Crippen LogP contribution >= 0.6 is 22.9 Å². The van der Waals surface area contributed by atoms with Crippen molar-refractivity contribution in [2.24, 2.45) is 0 Å². The number of halogens is 1. The van der Waals surface area contributed by atoms with Crippen LogP contribution in [0.25, 0.3) is 0 Å². The summed E-state index contributed by atoms with van der Waals surface area (Å²) in [5.41, 5.74) is 0. The first-order valence-electron chi connectivity index (χ1n) is 6.46. The Morgan fingerprint density at radius 1 is 1.26 bits per heavy atom. The normalized spacial score (nSPS) is 11.9. The van der Waals surface area contributed by atoms with Gasteiger partial charge in [0.05, 0.1) is 10.1 Å². The second-order valence-corrected chi connectivity index (χ2v) is 7.96. The fourth-order valence-electron chi connectivity index (χ4n) is 1.61. The largest absolute Gasteiger partial charge is 0.317 e. The molecule has 0 aliphatic rings. The molecule has 1 aromatic heterocycles. The Balaban J connectivity index is 2.16. The maximum Gasteiger partial charge on any atom is 0.211 e. The molecule has 0 aromatic carbocycles. The fourth-order valence-corrected chi connectivity index (χ4v) is 3.84. The Morgan fingerprint density at radius 2 is 2.05 bits per heavy atom. The van der Waals surface area contributed by atoms with Gasteiger partial charge in [-0.05, 0) is 44.5 Å². The molecular formula is C12H21ClN2O2S2. The molecule has 19 heavy (non-hydrogen) atoms. The van der Waals surface area contributed by atoms with Gasteiger partial charge in [0.1, 0.15) is 0 Å². The smallest absolute Gasteiger partial charge is 0.211 e. The molecule has 1 rings (SSSR count). The Morgan fingerprint density at radius 3 is 2.68 bits per heavy atom. The van der Waals surface area contributed by atoms with Gasteiger partial charge in [-0.1, -0.05) is 18.5 Å². The molecule has 4 nitrogen and oxygen atoms in total. The van der Waals surface area contributed by atoms with Gasteiger partial charge in [-0.25, -0.2) is 13.1 Å². The molecule has 0 atom stereocenters. The van der Waals surface area contributed by atoms with E-state index in [-0.39, 0.29) is 5.75 Å². The van der Waals surface area contributed by atoms with E-state index in [1.165, 1.54) is 11.3 Å². The van der Waals surface area contributed by atoms with Crippen molar-refractivity contribution >= 4 is 33.0 Å². The maximum atomic E-state index is 11.7. The zero-order chi connectivity index (χ0) is 14.1. The van der Waals surface area contributed by atoms with Gasteiger partial charge in [-0.3, -0.25) is 0 Å². The molecule has 0 fully saturated rings. The van der Waals surface area contributed by atoms with Crippen LogP contribution in [-0.4, -0.2) is 33.8 Å². The minimum Gasteiger partial charge on any atom is -0.317 e. The van der Waals surface area contributed by atoms with Crippen LogP contribution in [-0.2, 0) is 16.4 Å². The average Bonchev–Trinajstić information content (AvgIpc) is 2.74. The summed E-state index contributed by atoms with van der Waals surface area (Å²) in [5.74, 6) is 0.198. The van der Waals surface area contributed by atoms with Gasteiger partial charge in [-0.2, -0.15) is 0 Å². The van der Waals surface area contributed by atoms with Crippen molar-refractivity contribution < 1.29 is 8.42 Å². The van der Waals surface area contributed by atoms with E-state index >= 15 is 0 Å². The lowest BCUT2D eigenvalue weighted by atomic mass is 10.3. The Kier molecular flexibility index (Phi) is 7.94. The van der Waals surface area contributed by atoms with Crippen LogP contribution in [0, 0.1) is 0 Å². The number of nitrogens with one attached hydrogen (secondary N) is 2. The monoisotopic (exact) mass is 324 g/mol. The van der Waals surface area contributed by atoms with Crippen LogP contribution in [0.2, 0.25) is 4.34 Å². The van der Waals surface area contributed by atoms with Crippen molar-refractivity contribution in [3.05, 3.63) is 21.3 Å². The van der Waals surface area contributed by atoms with Crippen molar-refractivity contribution in [1.29, 1.82) is 0 Å². The van der Waals surface area contributed by atoms with Crippen LogP contribution in [0.15, 0.2) is 12.1 Å². The average molecular weight is 325 g/mol. The summed E-state index contributed by atoms with van der Waals surface area (Å²) in [6, 6.07) is 3.76. The van der Waals surface area contributed by atoms with E-state index in [0.717, 1.165) is 28.7 Å². The van der Waals surface area contributed by atoms with Crippen LogP contribution in [0.4, 0.5) is 0 Å². The molecule has 0 radical (unpaired) electrons. The molecule has 1 aromatic rings. The highest BCUT2D eigenvalue weighted by Crippen LogP contribution is 2.21. The third-order valence-corrected chi connectivity index (χ3v) is 5.35. The zero-order valence-electron chi connectivity index (χ0n) is 11.1. The van der Waals surface area contributed by atoms with Gasteiger partial charge < -0.3 is 5.32 Å². The number of rotatable bonds is 10. The van der Waals surface area contributed by atoms with Gasteiger partial charge in [0, 0.05) is 11.4 Å². The van der Waals surface area contributed by atoms with Gasteiger partial charge in [0.25, 0.3) is 0 Å². The Bertz CT molecular complexity index is 460. The van der Waals surface area contributed by atoms with E-state index in [4.69, 9.17) is 11.6 Å². The SMILES string of the molecule is CCNCCCCS(=O)(=O)NCCc1ccc(Cl)s1. The summed E-state index contributed by atoms with van der Waals surface area (Å²) in [7, 11) is -3.14. The molecule has 0 saturated heterocycles. The molecule has 0 aliphatic heterocycles. The molecule has 0 aliphatic carbocycles. The molecule has 0 unspecified atom stereocenters. The molecule has 1 heterocycles. The highest BCUT2D eigenvalue weighted by Gasteiger charge is 2.09. The van der Waals surface area contributed by atoms with Gasteiger partial charge in [-0.15, -0.1) is 11.3 Å². The molecule has 0 amide bonds. The molecule has 0 spiro atoms. The van der Waals surface area contributed by atoms with Crippen LogP contribution in [0.1, 0.15) is 24.6 Å². The Labute approximate surface area is 124 Å². The highest BCUT2D eigenvalue weighted by molar-refractivity contribution is 7.89. The maximum absolute atomic E-state index is 11.7. The lowest BCUT2D eigenvalue weighted by Crippen LogP contribution is -2.28. The topological polar surface area (TPSA) is 58.2 Å². The summed E-state index contributed by atoms with van der Waals surface area (Å²) in [6.45, 7) is 4.27.